The highest BCUT2D eigenvalue weighted by Gasteiger charge is 2.27. The number of carbonyl (C=O) groups excluding carboxylic acids is 1. The predicted octanol–water partition coefficient (Wildman–Crippen LogP) is 2.74. The van der Waals surface area contributed by atoms with Crippen molar-refractivity contribution >= 4 is 17.7 Å². The summed E-state index contributed by atoms with van der Waals surface area (Å²) < 4.78 is 0. The van der Waals surface area contributed by atoms with E-state index in [1.54, 1.807) is 18.6 Å². The first-order chi connectivity index (χ1) is 13.0. The molecule has 0 saturated heterocycles. The molecule has 1 aliphatic rings. The highest BCUT2D eigenvalue weighted by atomic mass is 16.2. The van der Waals surface area contributed by atoms with E-state index in [0.717, 1.165) is 30.0 Å². The van der Waals surface area contributed by atoms with E-state index in [0.29, 0.717) is 23.0 Å². The fourth-order valence-corrected chi connectivity index (χ4v) is 3.74. The Balaban J connectivity index is 2.01. The Morgan fingerprint density at radius 2 is 1.96 bits per heavy atom. The van der Waals surface area contributed by atoms with Gasteiger partial charge in [0.1, 0.15) is 11.4 Å². The van der Waals surface area contributed by atoms with Gasteiger partial charge >= 0.3 is 0 Å². The lowest BCUT2D eigenvalue weighted by Crippen LogP contribution is -2.27. The van der Waals surface area contributed by atoms with Gasteiger partial charge in [-0.2, -0.15) is 5.10 Å². The Kier molecular flexibility index (Phi) is 5.51. The number of hydrogen-bond acceptors (Lipinski definition) is 5. The molecule has 1 amide bonds. The van der Waals surface area contributed by atoms with Gasteiger partial charge in [0.15, 0.2) is 0 Å². The van der Waals surface area contributed by atoms with Crippen LogP contribution in [-0.4, -0.2) is 44.6 Å². The third-order valence-electron chi connectivity index (χ3n) is 5.18. The van der Waals surface area contributed by atoms with Gasteiger partial charge in [0.2, 0.25) is 0 Å². The quantitative estimate of drug-likeness (QED) is 0.770. The molecule has 2 N–H and O–H groups in total. The van der Waals surface area contributed by atoms with Crippen molar-refractivity contribution in [3.8, 4) is 0 Å². The molecule has 2 aromatic rings. The molecule has 142 valence electrons. The predicted molar refractivity (Wildman–Crippen MR) is 106 cm³/mol. The molecule has 1 atom stereocenters. The van der Waals surface area contributed by atoms with Crippen LogP contribution in [0, 0.1) is 13.8 Å². The van der Waals surface area contributed by atoms with Gasteiger partial charge < -0.3 is 4.98 Å². The molecule has 3 heterocycles. The molecule has 0 radical (unpaired) electrons. The van der Waals surface area contributed by atoms with E-state index in [2.05, 4.69) is 65.0 Å². The maximum atomic E-state index is 12.3. The fourth-order valence-electron chi connectivity index (χ4n) is 3.74. The molecule has 7 nitrogen and oxygen atoms in total. The summed E-state index contributed by atoms with van der Waals surface area (Å²) in [5, 5.41) is 4.14. The largest absolute Gasteiger partial charge is 0.359 e. The van der Waals surface area contributed by atoms with Crippen LogP contribution in [0.25, 0.3) is 6.08 Å². The van der Waals surface area contributed by atoms with Crippen LogP contribution in [0.1, 0.15) is 55.0 Å². The van der Waals surface area contributed by atoms with Crippen molar-refractivity contribution in [2.24, 2.45) is 5.10 Å². The van der Waals surface area contributed by atoms with Crippen molar-refractivity contribution in [2.45, 2.75) is 40.7 Å². The van der Waals surface area contributed by atoms with E-state index < -0.39 is 0 Å². The summed E-state index contributed by atoms with van der Waals surface area (Å²) in [5.41, 5.74) is 8.57. The third-order valence-corrected chi connectivity index (χ3v) is 5.18. The Morgan fingerprint density at radius 3 is 2.59 bits per heavy atom. The molecule has 0 spiro atoms. The van der Waals surface area contributed by atoms with Gasteiger partial charge in [-0.3, -0.25) is 19.7 Å². The van der Waals surface area contributed by atoms with Gasteiger partial charge in [0.05, 0.1) is 11.8 Å². The van der Waals surface area contributed by atoms with Gasteiger partial charge in [-0.15, -0.1) is 0 Å². The molecule has 0 aromatic carbocycles. The summed E-state index contributed by atoms with van der Waals surface area (Å²) in [6.07, 6.45) is 6.65. The standard InChI is InChI=1S/C20H26N6O/c1-6-26(7-2)14(5)18-12(3)16(23-13(18)4)10-15-19(24-25-20(15)27)17-11-21-8-9-22-17/h8-11,14,23H,6-7H2,1-5H3,(H,25,27)/b15-10+. The number of rotatable bonds is 6. The second-order valence-corrected chi connectivity index (χ2v) is 6.65. The molecule has 7 heteroatoms. The van der Waals surface area contributed by atoms with E-state index in [4.69, 9.17) is 0 Å². The van der Waals surface area contributed by atoms with E-state index >= 15 is 0 Å². The SMILES string of the molecule is CCN(CC)C(C)c1c(C)[nH]c(/C=C2/C(=O)NN=C2c2cnccn2)c1C. The molecular weight excluding hydrogens is 340 g/mol. The Bertz CT molecular complexity index is 893. The van der Waals surface area contributed by atoms with Gasteiger partial charge in [0, 0.05) is 29.8 Å². The number of carbonyl (C=O) groups is 1. The van der Waals surface area contributed by atoms with E-state index in [1.165, 1.54) is 5.56 Å². The minimum atomic E-state index is -0.236. The number of nitrogens with one attached hydrogen (secondary N) is 2. The van der Waals surface area contributed by atoms with Gasteiger partial charge in [-0.05, 0) is 51.1 Å². The zero-order chi connectivity index (χ0) is 19.6. The van der Waals surface area contributed by atoms with Crippen LogP contribution >= 0.6 is 0 Å². The summed E-state index contributed by atoms with van der Waals surface area (Å²) in [7, 11) is 0. The molecule has 1 aliphatic heterocycles. The van der Waals surface area contributed by atoms with Crippen molar-refractivity contribution < 1.29 is 4.79 Å². The van der Waals surface area contributed by atoms with Crippen LogP contribution < -0.4 is 5.43 Å². The number of hydrazone groups is 1. The van der Waals surface area contributed by atoms with E-state index in [-0.39, 0.29) is 5.91 Å². The van der Waals surface area contributed by atoms with Crippen LogP contribution in [-0.2, 0) is 4.79 Å². The third kappa shape index (κ3) is 3.55. The molecular formula is C20H26N6O. The van der Waals surface area contributed by atoms with Crippen LogP contribution in [0.2, 0.25) is 0 Å². The van der Waals surface area contributed by atoms with E-state index in [9.17, 15) is 4.79 Å². The van der Waals surface area contributed by atoms with Crippen LogP contribution in [0.15, 0.2) is 29.3 Å². The molecule has 0 saturated carbocycles. The smallest absolute Gasteiger partial charge is 0.273 e. The Labute approximate surface area is 159 Å². The normalized spacial score (nSPS) is 16.7. The lowest BCUT2D eigenvalue weighted by atomic mass is 10.00. The molecule has 0 bridgehead atoms. The Hall–Kier alpha value is -2.80. The number of H-pyrrole nitrogens is 1. The van der Waals surface area contributed by atoms with Gasteiger partial charge in [-0.1, -0.05) is 13.8 Å². The highest BCUT2D eigenvalue weighted by Crippen LogP contribution is 2.30. The van der Waals surface area contributed by atoms with Crippen molar-refractivity contribution in [3.05, 3.63) is 52.4 Å². The van der Waals surface area contributed by atoms with E-state index in [1.807, 2.05) is 6.08 Å². The van der Waals surface area contributed by atoms with Crippen molar-refractivity contribution in [1.29, 1.82) is 0 Å². The number of aromatic nitrogens is 3. The maximum Gasteiger partial charge on any atom is 0.273 e. The second kappa shape index (κ2) is 7.84. The lowest BCUT2D eigenvalue weighted by Gasteiger charge is -2.27. The van der Waals surface area contributed by atoms with Gasteiger partial charge in [0.25, 0.3) is 5.91 Å². The number of aryl methyl sites for hydroxylation is 1. The average molecular weight is 366 g/mol. The highest BCUT2D eigenvalue weighted by molar-refractivity contribution is 6.32. The van der Waals surface area contributed by atoms with Crippen LogP contribution in [0.4, 0.5) is 0 Å². The summed E-state index contributed by atoms with van der Waals surface area (Å²) in [6, 6.07) is 0.300. The van der Waals surface area contributed by atoms with Crippen molar-refractivity contribution in [1.82, 2.24) is 25.3 Å². The number of hydrogen-bond donors (Lipinski definition) is 2. The summed E-state index contributed by atoms with van der Waals surface area (Å²) >= 11 is 0. The number of nitrogens with zero attached hydrogens (tertiary/aromatic N) is 4. The topological polar surface area (TPSA) is 86.3 Å². The van der Waals surface area contributed by atoms with Crippen molar-refractivity contribution in [2.75, 3.05) is 13.1 Å². The second-order valence-electron chi connectivity index (χ2n) is 6.65. The molecule has 0 aliphatic carbocycles. The van der Waals surface area contributed by atoms with Crippen LogP contribution in [0.3, 0.4) is 0 Å². The first-order valence-electron chi connectivity index (χ1n) is 9.27. The first kappa shape index (κ1) is 19.0. The van der Waals surface area contributed by atoms with Crippen molar-refractivity contribution in [3.63, 3.8) is 0 Å². The average Bonchev–Trinajstić information content (AvgIpc) is 3.16. The maximum absolute atomic E-state index is 12.3. The summed E-state index contributed by atoms with van der Waals surface area (Å²) in [4.78, 5) is 26.5. The zero-order valence-corrected chi connectivity index (χ0v) is 16.5. The molecule has 3 rings (SSSR count). The monoisotopic (exact) mass is 366 g/mol. The zero-order valence-electron chi connectivity index (χ0n) is 16.5. The Morgan fingerprint density at radius 1 is 1.22 bits per heavy atom. The minimum Gasteiger partial charge on any atom is -0.359 e. The number of amides is 1. The minimum absolute atomic E-state index is 0.236. The number of aromatic amines is 1. The molecule has 0 fully saturated rings. The molecule has 1 unspecified atom stereocenters. The first-order valence-corrected chi connectivity index (χ1v) is 9.27. The lowest BCUT2D eigenvalue weighted by molar-refractivity contribution is -0.116. The molecule has 27 heavy (non-hydrogen) atoms. The summed E-state index contributed by atoms with van der Waals surface area (Å²) in [5.74, 6) is -0.236. The van der Waals surface area contributed by atoms with Crippen LogP contribution in [0.5, 0.6) is 0 Å². The summed E-state index contributed by atoms with van der Waals surface area (Å²) in [6.45, 7) is 12.7. The van der Waals surface area contributed by atoms with Gasteiger partial charge in [-0.25, -0.2) is 5.43 Å². The fraction of sp³-hybridized carbons (Fsp3) is 0.400. The molecule has 2 aromatic heterocycles.